The molecule has 0 aliphatic carbocycles. The molecule has 2 aromatic rings. The van der Waals surface area contributed by atoms with Crippen LogP contribution >= 0.6 is 11.8 Å². The molecule has 0 saturated carbocycles. The van der Waals surface area contributed by atoms with Crippen LogP contribution < -0.4 is 0 Å². The number of aromatic carboxylic acids is 1. The Morgan fingerprint density at radius 3 is 3.05 bits per heavy atom. The Balaban J connectivity index is 2.20. The molecule has 0 bridgehead atoms. The van der Waals surface area contributed by atoms with E-state index in [1.54, 1.807) is 12.3 Å². The lowest BCUT2D eigenvalue weighted by atomic mass is 9.97. The van der Waals surface area contributed by atoms with Crippen molar-refractivity contribution in [2.75, 3.05) is 19.5 Å². The van der Waals surface area contributed by atoms with Gasteiger partial charge in [0.15, 0.2) is 5.16 Å². The minimum atomic E-state index is -0.933. The standard InChI is InChI=1S/C14H17N3O3S/c1-8-7-20-4-3-10(8)17-11(13(18)19)5-9-6-15-14(21-2)16-12(9)17/h5-6,8,10H,3-4,7H2,1-2H3,(H,18,19). The predicted octanol–water partition coefficient (Wildman–Crippen LogP) is 2.45. The Morgan fingerprint density at radius 2 is 2.38 bits per heavy atom. The lowest BCUT2D eigenvalue weighted by molar-refractivity contribution is 0.0279. The van der Waals surface area contributed by atoms with E-state index in [4.69, 9.17) is 4.74 Å². The first kappa shape index (κ1) is 14.3. The normalized spacial score (nSPS) is 22.6. The average molecular weight is 307 g/mol. The lowest BCUT2D eigenvalue weighted by Crippen LogP contribution is -2.29. The molecule has 0 amide bonds. The van der Waals surface area contributed by atoms with Crippen LogP contribution in [0.1, 0.15) is 29.9 Å². The summed E-state index contributed by atoms with van der Waals surface area (Å²) < 4.78 is 7.32. The Morgan fingerprint density at radius 1 is 1.57 bits per heavy atom. The first-order valence-corrected chi connectivity index (χ1v) is 8.07. The van der Waals surface area contributed by atoms with Crippen LogP contribution in [0.15, 0.2) is 17.4 Å². The molecule has 0 radical (unpaired) electrons. The molecule has 2 atom stereocenters. The fourth-order valence-corrected chi connectivity index (χ4v) is 3.18. The number of carboxylic acids is 1. The summed E-state index contributed by atoms with van der Waals surface area (Å²) in [4.78, 5) is 20.3. The molecule has 1 aliphatic rings. The van der Waals surface area contributed by atoms with E-state index in [-0.39, 0.29) is 17.7 Å². The van der Waals surface area contributed by atoms with Crippen molar-refractivity contribution in [2.24, 2.45) is 5.92 Å². The fraction of sp³-hybridized carbons (Fsp3) is 0.500. The molecular formula is C14H17N3O3S. The molecular weight excluding hydrogens is 290 g/mol. The van der Waals surface area contributed by atoms with Crippen molar-refractivity contribution in [3.05, 3.63) is 18.0 Å². The number of carbonyl (C=O) groups is 1. The van der Waals surface area contributed by atoms with Gasteiger partial charge in [-0.3, -0.25) is 0 Å². The third-order valence-corrected chi connectivity index (χ3v) is 4.44. The zero-order chi connectivity index (χ0) is 15.0. The fourth-order valence-electron chi connectivity index (χ4n) is 2.84. The maximum atomic E-state index is 11.6. The number of ether oxygens (including phenoxy) is 1. The molecule has 7 heteroatoms. The van der Waals surface area contributed by atoms with E-state index in [0.717, 1.165) is 11.8 Å². The summed E-state index contributed by atoms with van der Waals surface area (Å²) in [5.41, 5.74) is 0.974. The highest BCUT2D eigenvalue weighted by Crippen LogP contribution is 2.32. The van der Waals surface area contributed by atoms with Gasteiger partial charge in [0.05, 0.1) is 6.61 Å². The summed E-state index contributed by atoms with van der Waals surface area (Å²) >= 11 is 1.45. The number of nitrogens with zero attached hydrogens (tertiary/aromatic N) is 3. The van der Waals surface area contributed by atoms with Gasteiger partial charge in [0.2, 0.25) is 0 Å². The molecule has 112 valence electrons. The van der Waals surface area contributed by atoms with E-state index in [1.807, 2.05) is 10.8 Å². The molecule has 3 heterocycles. The molecule has 1 saturated heterocycles. The van der Waals surface area contributed by atoms with Crippen LogP contribution in [0.4, 0.5) is 0 Å². The van der Waals surface area contributed by atoms with Gasteiger partial charge in [-0.15, -0.1) is 0 Å². The van der Waals surface area contributed by atoms with E-state index in [1.165, 1.54) is 11.8 Å². The van der Waals surface area contributed by atoms with Crippen molar-refractivity contribution < 1.29 is 14.6 Å². The Bertz CT molecular complexity index is 685. The Hall–Kier alpha value is -1.60. The number of fused-ring (bicyclic) bond motifs is 1. The van der Waals surface area contributed by atoms with Crippen molar-refractivity contribution >= 4 is 28.8 Å². The SMILES string of the molecule is CSc1ncc2cc(C(=O)O)n(C3CCOCC3C)c2n1. The molecule has 6 nitrogen and oxygen atoms in total. The second-order valence-corrected chi connectivity index (χ2v) is 6.02. The van der Waals surface area contributed by atoms with Crippen molar-refractivity contribution in [3.8, 4) is 0 Å². The highest BCUT2D eigenvalue weighted by Gasteiger charge is 2.29. The summed E-state index contributed by atoms with van der Waals surface area (Å²) in [5.74, 6) is -0.683. The molecule has 0 aromatic carbocycles. The summed E-state index contributed by atoms with van der Waals surface area (Å²) in [6.07, 6.45) is 4.40. The number of carboxylic acid groups (broad SMARTS) is 1. The maximum absolute atomic E-state index is 11.6. The number of hydrogen-bond acceptors (Lipinski definition) is 5. The molecule has 21 heavy (non-hydrogen) atoms. The van der Waals surface area contributed by atoms with E-state index in [9.17, 15) is 9.90 Å². The van der Waals surface area contributed by atoms with Crippen molar-refractivity contribution in [3.63, 3.8) is 0 Å². The van der Waals surface area contributed by atoms with E-state index in [0.29, 0.717) is 24.0 Å². The highest BCUT2D eigenvalue weighted by molar-refractivity contribution is 7.98. The zero-order valence-electron chi connectivity index (χ0n) is 11.9. The van der Waals surface area contributed by atoms with Gasteiger partial charge < -0.3 is 14.4 Å². The summed E-state index contributed by atoms with van der Waals surface area (Å²) in [6.45, 7) is 3.37. The number of thioether (sulfide) groups is 1. The van der Waals surface area contributed by atoms with Gasteiger partial charge in [-0.05, 0) is 18.7 Å². The van der Waals surface area contributed by atoms with E-state index < -0.39 is 5.97 Å². The van der Waals surface area contributed by atoms with Gasteiger partial charge in [0, 0.05) is 30.1 Å². The van der Waals surface area contributed by atoms with Crippen LogP contribution in [0.3, 0.4) is 0 Å². The van der Waals surface area contributed by atoms with E-state index in [2.05, 4.69) is 16.9 Å². The first-order valence-electron chi connectivity index (χ1n) is 6.85. The van der Waals surface area contributed by atoms with Crippen LogP contribution in [0.5, 0.6) is 0 Å². The lowest BCUT2D eigenvalue weighted by Gasteiger charge is -2.31. The van der Waals surface area contributed by atoms with E-state index >= 15 is 0 Å². The smallest absolute Gasteiger partial charge is 0.352 e. The van der Waals surface area contributed by atoms with Crippen molar-refractivity contribution in [2.45, 2.75) is 24.5 Å². The minimum absolute atomic E-state index is 0.0898. The summed E-state index contributed by atoms with van der Waals surface area (Å²) in [7, 11) is 0. The Kier molecular flexibility index (Phi) is 3.86. The van der Waals surface area contributed by atoms with Gasteiger partial charge in [-0.2, -0.15) is 0 Å². The number of hydrogen-bond donors (Lipinski definition) is 1. The van der Waals surface area contributed by atoms with Crippen LogP contribution in [0.2, 0.25) is 0 Å². The minimum Gasteiger partial charge on any atom is -0.477 e. The van der Waals surface area contributed by atoms with Crippen molar-refractivity contribution in [1.82, 2.24) is 14.5 Å². The second-order valence-electron chi connectivity index (χ2n) is 5.25. The van der Waals surface area contributed by atoms with Crippen LogP contribution in [0, 0.1) is 5.92 Å². The van der Waals surface area contributed by atoms with Gasteiger partial charge in [0.25, 0.3) is 0 Å². The molecule has 0 spiro atoms. The third kappa shape index (κ3) is 2.51. The van der Waals surface area contributed by atoms with Crippen molar-refractivity contribution in [1.29, 1.82) is 0 Å². The zero-order valence-corrected chi connectivity index (χ0v) is 12.8. The second kappa shape index (κ2) is 5.65. The van der Waals surface area contributed by atoms with Gasteiger partial charge in [0.1, 0.15) is 11.3 Å². The van der Waals surface area contributed by atoms with Gasteiger partial charge >= 0.3 is 5.97 Å². The molecule has 2 unspecified atom stereocenters. The quantitative estimate of drug-likeness (QED) is 0.693. The third-order valence-electron chi connectivity index (χ3n) is 3.88. The molecule has 1 fully saturated rings. The van der Waals surface area contributed by atoms with Crippen LogP contribution in [-0.4, -0.2) is 45.1 Å². The number of aromatic nitrogens is 3. The first-order chi connectivity index (χ1) is 10.1. The topological polar surface area (TPSA) is 77.2 Å². The van der Waals surface area contributed by atoms with Crippen LogP contribution in [-0.2, 0) is 4.74 Å². The summed E-state index contributed by atoms with van der Waals surface area (Å²) in [5, 5.41) is 10.9. The predicted molar refractivity (Wildman–Crippen MR) is 79.9 cm³/mol. The molecule has 3 rings (SSSR count). The average Bonchev–Trinajstić information content (AvgIpc) is 2.86. The highest BCUT2D eigenvalue weighted by atomic mass is 32.2. The largest absolute Gasteiger partial charge is 0.477 e. The number of rotatable bonds is 3. The molecule has 1 N–H and O–H groups in total. The molecule has 1 aliphatic heterocycles. The molecule has 2 aromatic heterocycles. The van der Waals surface area contributed by atoms with Gasteiger partial charge in [-0.25, -0.2) is 14.8 Å². The van der Waals surface area contributed by atoms with Crippen LogP contribution in [0.25, 0.3) is 11.0 Å². The van der Waals surface area contributed by atoms with Gasteiger partial charge in [-0.1, -0.05) is 18.7 Å². The summed E-state index contributed by atoms with van der Waals surface area (Å²) in [6, 6.07) is 1.75. The Labute approximate surface area is 126 Å². The maximum Gasteiger partial charge on any atom is 0.352 e. The monoisotopic (exact) mass is 307 g/mol.